The predicted octanol–water partition coefficient (Wildman–Crippen LogP) is 4.42. The number of aromatic nitrogens is 2. The van der Waals surface area contributed by atoms with Crippen LogP contribution in [0.3, 0.4) is 0 Å². The maximum Gasteiger partial charge on any atom is 0.258 e. The zero-order chi connectivity index (χ0) is 22.8. The maximum atomic E-state index is 13.2. The fraction of sp³-hybridized carbons (Fsp3) is 0.120. The van der Waals surface area contributed by atoms with Crippen LogP contribution in [0.2, 0.25) is 0 Å². The molecule has 7 heteroatoms. The molecule has 4 aromatic rings. The van der Waals surface area contributed by atoms with Gasteiger partial charge in [-0.1, -0.05) is 12.1 Å². The minimum Gasteiger partial charge on any atom is -0.326 e. The molecule has 2 aromatic carbocycles. The Hall–Kier alpha value is -4.44. The Bertz CT molecular complexity index is 1380. The van der Waals surface area contributed by atoms with Gasteiger partial charge in [-0.25, -0.2) is 4.52 Å². The summed E-state index contributed by atoms with van der Waals surface area (Å²) in [5, 5.41) is 16.3. The Labute approximate surface area is 185 Å². The van der Waals surface area contributed by atoms with Crippen LogP contribution in [-0.2, 0) is 4.79 Å². The van der Waals surface area contributed by atoms with E-state index >= 15 is 0 Å². The van der Waals surface area contributed by atoms with Crippen LogP contribution in [0, 0.1) is 18.3 Å². The number of nitriles is 1. The topological polar surface area (TPSA) is 90.5 Å². The highest BCUT2D eigenvalue weighted by Gasteiger charge is 2.17. The minimum atomic E-state index is -0.162. The Morgan fingerprint density at radius 1 is 1.09 bits per heavy atom. The van der Waals surface area contributed by atoms with E-state index in [9.17, 15) is 9.59 Å². The lowest BCUT2D eigenvalue weighted by Crippen LogP contribution is -2.26. The highest BCUT2D eigenvalue weighted by Crippen LogP contribution is 2.27. The number of anilines is 2. The molecule has 0 fully saturated rings. The number of nitrogens with zero attached hydrogens (tertiary/aromatic N) is 4. The zero-order valence-corrected chi connectivity index (χ0v) is 18.0. The molecule has 2 heterocycles. The van der Waals surface area contributed by atoms with Gasteiger partial charge in [0.25, 0.3) is 5.91 Å². The quantitative estimate of drug-likeness (QED) is 0.526. The Morgan fingerprint density at radius 3 is 2.50 bits per heavy atom. The summed E-state index contributed by atoms with van der Waals surface area (Å²) in [6, 6.07) is 18.5. The van der Waals surface area contributed by atoms with Gasteiger partial charge >= 0.3 is 0 Å². The number of aryl methyl sites for hydroxylation is 1. The number of benzene rings is 2. The fourth-order valence-corrected chi connectivity index (χ4v) is 3.57. The van der Waals surface area contributed by atoms with E-state index in [1.165, 1.54) is 6.92 Å². The van der Waals surface area contributed by atoms with Gasteiger partial charge in [-0.15, -0.1) is 0 Å². The maximum absolute atomic E-state index is 13.2. The molecule has 0 aliphatic rings. The molecule has 1 N–H and O–H groups in total. The molecule has 0 saturated heterocycles. The van der Waals surface area contributed by atoms with Gasteiger partial charge in [0.2, 0.25) is 5.91 Å². The van der Waals surface area contributed by atoms with Crippen molar-refractivity contribution in [2.45, 2.75) is 13.8 Å². The molecule has 2 aromatic heterocycles. The number of hydrogen-bond acceptors (Lipinski definition) is 4. The van der Waals surface area contributed by atoms with Crippen molar-refractivity contribution < 1.29 is 9.59 Å². The Balaban J connectivity index is 1.66. The summed E-state index contributed by atoms with van der Waals surface area (Å²) in [4.78, 5) is 26.0. The summed E-state index contributed by atoms with van der Waals surface area (Å²) < 4.78 is 1.72. The van der Waals surface area contributed by atoms with E-state index in [-0.39, 0.29) is 11.8 Å². The van der Waals surface area contributed by atoms with Crippen LogP contribution >= 0.6 is 0 Å². The van der Waals surface area contributed by atoms with Crippen LogP contribution in [-0.4, -0.2) is 28.5 Å². The number of rotatable bonds is 4. The van der Waals surface area contributed by atoms with Crippen molar-refractivity contribution in [2.24, 2.45) is 0 Å². The second-order valence-corrected chi connectivity index (χ2v) is 7.54. The van der Waals surface area contributed by atoms with Crippen molar-refractivity contribution in [3.63, 3.8) is 0 Å². The molecule has 158 valence electrons. The van der Waals surface area contributed by atoms with Gasteiger partial charge in [0.1, 0.15) is 0 Å². The summed E-state index contributed by atoms with van der Waals surface area (Å²) in [5.41, 5.74) is 5.97. The summed E-state index contributed by atoms with van der Waals surface area (Å²) in [6.45, 7) is 3.32. The minimum absolute atomic E-state index is 0.126. The zero-order valence-electron chi connectivity index (χ0n) is 18.0. The average Bonchev–Trinajstić information content (AvgIpc) is 3.21. The third-order valence-electron chi connectivity index (χ3n) is 5.31. The number of carbonyl (C=O) groups excluding carboxylic acids is 2. The van der Waals surface area contributed by atoms with Crippen LogP contribution in [0.15, 0.2) is 67.0 Å². The van der Waals surface area contributed by atoms with Crippen LogP contribution in [0.5, 0.6) is 0 Å². The van der Waals surface area contributed by atoms with Crippen molar-refractivity contribution in [3.05, 3.63) is 83.7 Å². The smallest absolute Gasteiger partial charge is 0.258 e. The van der Waals surface area contributed by atoms with Crippen molar-refractivity contribution in [3.8, 4) is 17.2 Å². The summed E-state index contributed by atoms with van der Waals surface area (Å²) >= 11 is 0. The van der Waals surface area contributed by atoms with Gasteiger partial charge in [-0.2, -0.15) is 10.4 Å². The molecule has 2 amide bonds. The second kappa shape index (κ2) is 8.36. The van der Waals surface area contributed by atoms with Gasteiger partial charge < -0.3 is 10.2 Å². The molecule has 32 heavy (non-hydrogen) atoms. The first-order valence-electron chi connectivity index (χ1n) is 10.0. The largest absolute Gasteiger partial charge is 0.326 e. The van der Waals surface area contributed by atoms with E-state index < -0.39 is 0 Å². The van der Waals surface area contributed by atoms with E-state index in [0.717, 1.165) is 22.2 Å². The van der Waals surface area contributed by atoms with Crippen molar-refractivity contribution in [1.82, 2.24) is 9.61 Å². The summed E-state index contributed by atoms with van der Waals surface area (Å²) in [7, 11) is 1.71. The number of pyridine rings is 1. The van der Waals surface area contributed by atoms with Crippen LogP contribution in [0.1, 0.15) is 28.4 Å². The van der Waals surface area contributed by atoms with Gasteiger partial charge in [0, 0.05) is 42.7 Å². The molecule has 0 radical (unpaired) electrons. The molecule has 0 saturated carbocycles. The van der Waals surface area contributed by atoms with Crippen molar-refractivity contribution in [1.29, 1.82) is 5.26 Å². The lowest BCUT2D eigenvalue weighted by Gasteiger charge is -2.18. The molecule has 0 aliphatic carbocycles. The predicted molar refractivity (Wildman–Crippen MR) is 124 cm³/mol. The molecule has 0 bridgehead atoms. The molecule has 4 rings (SSSR count). The second-order valence-electron chi connectivity index (χ2n) is 7.54. The number of amides is 2. The fourth-order valence-electron chi connectivity index (χ4n) is 3.57. The van der Waals surface area contributed by atoms with E-state index in [1.54, 1.807) is 47.1 Å². The Kier molecular flexibility index (Phi) is 5.44. The SMILES string of the molecule is CC(=O)Nc1ccc(-c2cnn3ccc(C(=O)N(C)c4ccc(C#N)c(C)c4)cc23)cc1. The lowest BCUT2D eigenvalue weighted by atomic mass is 10.1. The molecule has 0 atom stereocenters. The van der Waals surface area contributed by atoms with E-state index in [4.69, 9.17) is 5.26 Å². The lowest BCUT2D eigenvalue weighted by molar-refractivity contribution is -0.114. The van der Waals surface area contributed by atoms with Gasteiger partial charge in [0.05, 0.1) is 23.3 Å². The van der Waals surface area contributed by atoms with Crippen LogP contribution in [0.25, 0.3) is 16.6 Å². The first-order valence-corrected chi connectivity index (χ1v) is 10.0. The first kappa shape index (κ1) is 20.8. The summed E-state index contributed by atoms with van der Waals surface area (Å²) in [5.74, 6) is -0.289. The number of nitrogens with one attached hydrogen (secondary N) is 1. The van der Waals surface area contributed by atoms with Crippen molar-refractivity contribution >= 4 is 28.7 Å². The monoisotopic (exact) mass is 423 g/mol. The highest BCUT2D eigenvalue weighted by molar-refractivity contribution is 6.06. The Morgan fingerprint density at radius 2 is 1.84 bits per heavy atom. The summed E-state index contributed by atoms with van der Waals surface area (Å²) in [6.07, 6.45) is 3.51. The average molecular weight is 423 g/mol. The molecular formula is C25H21N5O2. The molecule has 0 unspecified atom stereocenters. The van der Waals surface area contributed by atoms with Crippen LogP contribution in [0.4, 0.5) is 11.4 Å². The number of fused-ring (bicyclic) bond motifs is 1. The standard InChI is InChI=1S/C25H21N5O2/c1-16-12-22(9-6-20(16)14-26)29(3)25(32)19-10-11-30-24(13-19)23(15-27-30)18-4-7-21(8-5-18)28-17(2)31/h4-13,15H,1-3H3,(H,28,31). The molecule has 0 aliphatic heterocycles. The van der Waals surface area contributed by atoms with E-state index in [2.05, 4.69) is 16.5 Å². The third kappa shape index (κ3) is 3.94. The van der Waals surface area contributed by atoms with Crippen LogP contribution < -0.4 is 10.2 Å². The van der Waals surface area contributed by atoms with Crippen molar-refractivity contribution in [2.75, 3.05) is 17.3 Å². The first-order chi connectivity index (χ1) is 15.4. The molecule has 0 spiro atoms. The third-order valence-corrected chi connectivity index (χ3v) is 5.31. The number of hydrogen-bond donors (Lipinski definition) is 1. The molecular weight excluding hydrogens is 402 g/mol. The normalized spacial score (nSPS) is 10.6. The van der Waals surface area contributed by atoms with Gasteiger partial charge in [0.15, 0.2) is 0 Å². The molecule has 7 nitrogen and oxygen atoms in total. The highest BCUT2D eigenvalue weighted by atomic mass is 16.2. The van der Waals surface area contributed by atoms with Gasteiger partial charge in [-0.3, -0.25) is 9.59 Å². The van der Waals surface area contributed by atoms with E-state index in [0.29, 0.717) is 22.5 Å². The van der Waals surface area contributed by atoms with Gasteiger partial charge in [-0.05, 0) is 60.5 Å². The number of carbonyl (C=O) groups is 2. The van der Waals surface area contributed by atoms with E-state index in [1.807, 2.05) is 43.3 Å².